The molecular weight excluding hydrogens is 434 g/mol. The van der Waals surface area contributed by atoms with Crippen LogP contribution in [0.25, 0.3) is 17.4 Å². The first-order valence-electron chi connectivity index (χ1n) is 8.73. The van der Waals surface area contributed by atoms with Gasteiger partial charge in [-0.05, 0) is 49.0 Å². The number of esters is 2. The molecule has 0 atom stereocenters. The molecule has 2 heterocycles. The van der Waals surface area contributed by atoms with Crippen LogP contribution in [0, 0.1) is 0 Å². The maximum absolute atomic E-state index is 12.4. The van der Waals surface area contributed by atoms with Crippen molar-refractivity contribution >= 4 is 52.5 Å². The first kappa shape index (κ1) is 21.7. The fourth-order valence-corrected chi connectivity index (χ4v) is 3.64. The summed E-state index contributed by atoms with van der Waals surface area (Å²) in [4.78, 5) is 48.8. The molecule has 1 fully saturated rings. The Bertz CT molecular complexity index is 1060. The minimum absolute atomic E-state index is 0.122. The summed E-state index contributed by atoms with van der Waals surface area (Å²) in [6.07, 6.45) is 1.41. The third-order valence-electron chi connectivity index (χ3n) is 4.02. The summed E-state index contributed by atoms with van der Waals surface area (Å²) in [6, 6.07) is 8.01. The first-order valence-corrected chi connectivity index (χ1v) is 9.92. The lowest BCUT2D eigenvalue weighted by Gasteiger charge is -2.10. The molecule has 3 rings (SSSR count). The van der Waals surface area contributed by atoms with Crippen LogP contribution >= 0.6 is 23.4 Å². The lowest BCUT2D eigenvalue weighted by atomic mass is 10.1. The van der Waals surface area contributed by atoms with Crippen LogP contribution in [0.2, 0.25) is 5.02 Å². The maximum Gasteiger partial charge on any atom is 0.339 e. The molecule has 1 aromatic heterocycles. The number of carbonyl (C=O) groups is 4. The SMILES string of the molecule is CCOC(=O)CN1C(=O)S/C(=C\c2ccc(-c3ccc(Cl)c(C(=O)OC)c3)o2)C1=O. The number of nitrogens with zero attached hydrogens (tertiary/aromatic N) is 1. The van der Waals surface area contributed by atoms with Gasteiger partial charge in [0.1, 0.15) is 18.1 Å². The molecule has 1 saturated heterocycles. The van der Waals surface area contributed by atoms with E-state index in [1.807, 2.05) is 0 Å². The molecular formula is C20H16ClNO7S. The van der Waals surface area contributed by atoms with Crippen LogP contribution in [-0.2, 0) is 19.1 Å². The van der Waals surface area contributed by atoms with Gasteiger partial charge in [-0.1, -0.05) is 11.6 Å². The third kappa shape index (κ3) is 4.58. The Morgan fingerprint density at radius 2 is 2.00 bits per heavy atom. The summed E-state index contributed by atoms with van der Waals surface area (Å²) in [6.45, 7) is 1.34. The second kappa shape index (κ2) is 9.19. The normalized spacial score (nSPS) is 15.0. The largest absolute Gasteiger partial charge is 0.465 e. The number of amides is 2. The van der Waals surface area contributed by atoms with E-state index in [2.05, 4.69) is 0 Å². The van der Waals surface area contributed by atoms with E-state index < -0.39 is 29.6 Å². The highest BCUT2D eigenvalue weighted by Gasteiger charge is 2.36. The van der Waals surface area contributed by atoms with Crippen molar-refractivity contribution in [2.24, 2.45) is 0 Å². The van der Waals surface area contributed by atoms with Gasteiger partial charge in [-0.15, -0.1) is 0 Å². The average Bonchev–Trinajstić information content (AvgIpc) is 3.28. The van der Waals surface area contributed by atoms with Crippen LogP contribution in [0.4, 0.5) is 4.79 Å². The second-order valence-corrected chi connectivity index (χ2v) is 7.36. The molecule has 2 aromatic rings. The Hall–Kier alpha value is -3.04. The highest BCUT2D eigenvalue weighted by molar-refractivity contribution is 8.18. The van der Waals surface area contributed by atoms with Gasteiger partial charge in [0.05, 0.1) is 29.2 Å². The zero-order valence-electron chi connectivity index (χ0n) is 16.0. The molecule has 1 aromatic carbocycles. The molecule has 0 spiro atoms. The Kier molecular flexibility index (Phi) is 6.63. The van der Waals surface area contributed by atoms with Crippen LogP contribution in [0.3, 0.4) is 0 Å². The van der Waals surface area contributed by atoms with E-state index in [1.165, 1.54) is 19.3 Å². The number of furan rings is 1. The zero-order chi connectivity index (χ0) is 21.8. The van der Waals surface area contributed by atoms with E-state index in [0.717, 1.165) is 4.90 Å². The van der Waals surface area contributed by atoms with Crippen LogP contribution in [0.1, 0.15) is 23.0 Å². The average molecular weight is 450 g/mol. The highest BCUT2D eigenvalue weighted by Crippen LogP contribution is 2.33. The Balaban J connectivity index is 1.81. The quantitative estimate of drug-likeness (QED) is 0.481. The number of halogens is 1. The van der Waals surface area contributed by atoms with E-state index in [0.29, 0.717) is 28.8 Å². The van der Waals surface area contributed by atoms with Crippen molar-refractivity contribution < 1.29 is 33.1 Å². The number of hydrogen-bond donors (Lipinski definition) is 0. The monoisotopic (exact) mass is 449 g/mol. The van der Waals surface area contributed by atoms with Crippen LogP contribution in [0.5, 0.6) is 0 Å². The molecule has 0 saturated carbocycles. The predicted octanol–water partition coefficient (Wildman–Crippen LogP) is 3.99. The van der Waals surface area contributed by atoms with E-state index in [-0.39, 0.29) is 22.1 Å². The van der Waals surface area contributed by atoms with Crippen LogP contribution in [-0.4, -0.2) is 48.2 Å². The number of hydrogen-bond acceptors (Lipinski definition) is 8. The molecule has 8 nitrogen and oxygen atoms in total. The summed E-state index contributed by atoms with van der Waals surface area (Å²) in [5.74, 6) is -1.10. The number of ether oxygens (including phenoxy) is 2. The molecule has 30 heavy (non-hydrogen) atoms. The zero-order valence-corrected chi connectivity index (χ0v) is 17.5. The molecule has 10 heteroatoms. The van der Waals surface area contributed by atoms with Gasteiger partial charge in [-0.25, -0.2) is 4.79 Å². The van der Waals surface area contributed by atoms with Gasteiger partial charge in [-0.2, -0.15) is 0 Å². The lowest BCUT2D eigenvalue weighted by Crippen LogP contribution is -2.34. The Labute approximate surface area is 180 Å². The van der Waals surface area contributed by atoms with E-state index >= 15 is 0 Å². The topological polar surface area (TPSA) is 103 Å². The fraction of sp³-hybridized carbons (Fsp3) is 0.200. The van der Waals surface area contributed by atoms with Crippen molar-refractivity contribution in [1.29, 1.82) is 0 Å². The summed E-state index contributed by atoms with van der Waals surface area (Å²) in [7, 11) is 1.26. The fourth-order valence-electron chi connectivity index (χ4n) is 2.63. The summed E-state index contributed by atoms with van der Waals surface area (Å²) in [5.41, 5.74) is 0.768. The maximum atomic E-state index is 12.4. The van der Waals surface area contributed by atoms with Crippen LogP contribution in [0.15, 0.2) is 39.7 Å². The summed E-state index contributed by atoms with van der Waals surface area (Å²) < 4.78 is 15.2. The predicted molar refractivity (Wildman–Crippen MR) is 110 cm³/mol. The first-order chi connectivity index (χ1) is 14.3. The molecule has 0 bridgehead atoms. The van der Waals surface area contributed by atoms with Crippen molar-refractivity contribution in [2.75, 3.05) is 20.3 Å². The number of carbonyl (C=O) groups excluding carboxylic acids is 4. The smallest absolute Gasteiger partial charge is 0.339 e. The molecule has 0 radical (unpaired) electrons. The van der Waals surface area contributed by atoms with Gasteiger partial charge >= 0.3 is 11.9 Å². The third-order valence-corrected chi connectivity index (χ3v) is 5.26. The molecule has 2 amide bonds. The molecule has 1 aliphatic rings. The lowest BCUT2D eigenvalue weighted by molar-refractivity contribution is -0.145. The summed E-state index contributed by atoms with van der Waals surface area (Å²) >= 11 is 6.73. The van der Waals surface area contributed by atoms with Gasteiger partial charge in [0.25, 0.3) is 11.1 Å². The Morgan fingerprint density at radius 3 is 2.70 bits per heavy atom. The van der Waals surface area contributed by atoms with Gasteiger partial charge in [0, 0.05) is 11.6 Å². The molecule has 0 N–H and O–H groups in total. The van der Waals surface area contributed by atoms with Crippen molar-refractivity contribution in [3.63, 3.8) is 0 Å². The molecule has 0 aliphatic carbocycles. The van der Waals surface area contributed by atoms with Crippen molar-refractivity contribution in [3.05, 3.63) is 51.6 Å². The van der Waals surface area contributed by atoms with Gasteiger partial charge in [0.2, 0.25) is 0 Å². The van der Waals surface area contributed by atoms with Gasteiger partial charge < -0.3 is 13.9 Å². The number of benzene rings is 1. The van der Waals surface area contributed by atoms with E-state index in [9.17, 15) is 19.2 Å². The van der Waals surface area contributed by atoms with Crippen molar-refractivity contribution in [1.82, 2.24) is 4.90 Å². The molecule has 0 unspecified atom stereocenters. The highest BCUT2D eigenvalue weighted by atomic mass is 35.5. The molecule has 1 aliphatic heterocycles. The minimum Gasteiger partial charge on any atom is -0.465 e. The van der Waals surface area contributed by atoms with E-state index in [1.54, 1.807) is 31.2 Å². The second-order valence-electron chi connectivity index (χ2n) is 5.96. The van der Waals surface area contributed by atoms with Crippen LogP contribution < -0.4 is 0 Å². The molecule has 156 valence electrons. The number of rotatable bonds is 6. The number of thioether (sulfide) groups is 1. The minimum atomic E-state index is -0.662. The Morgan fingerprint density at radius 1 is 1.23 bits per heavy atom. The van der Waals surface area contributed by atoms with Gasteiger partial charge in [0.15, 0.2) is 0 Å². The van der Waals surface area contributed by atoms with Crippen molar-refractivity contribution in [2.45, 2.75) is 6.92 Å². The summed E-state index contributed by atoms with van der Waals surface area (Å²) in [5, 5.41) is -0.320. The van der Waals surface area contributed by atoms with Crippen molar-refractivity contribution in [3.8, 4) is 11.3 Å². The van der Waals surface area contributed by atoms with E-state index in [4.69, 9.17) is 25.5 Å². The van der Waals surface area contributed by atoms with Gasteiger partial charge in [-0.3, -0.25) is 19.3 Å². The number of methoxy groups -OCH3 is 1. The standard InChI is InChI=1S/C20H16ClNO7S/c1-3-28-17(23)10-22-18(24)16(30-20(22)26)9-12-5-7-15(29-12)11-4-6-14(21)13(8-11)19(25)27-2/h4-9H,3,10H2,1-2H3/b16-9-. The number of imide groups is 1.